The van der Waals surface area contributed by atoms with Gasteiger partial charge in [-0.1, -0.05) is 30.3 Å². The van der Waals surface area contributed by atoms with Crippen molar-refractivity contribution in [2.75, 3.05) is 50.8 Å². The van der Waals surface area contributed by atoms with Gasteiger partial charge in [0.05, 0.1) is 0 Å². The van der Waals surface area contributed by atoms with Gasteiger partial charge in [0.25, 0.3) is 0 Å². The van der Waals surface area contributed by atoms with Gasteiger partial charge in [0.1, 0.15) is 0 Å². The Bertz CT molecular complexity index is 406. The zero-order valence-electron chi connectivity index (χ0n) is 12.8. The lowest BCUT2D eigenvalue weighted by atomic mass is 10.2. The molecule has 3 nitrogen and oxygen atoms in total. The smallest absolute Gasteiger partial charge is 0.0234 e. The summed E-state index contributed by atoms with van der Waals surface area (Å²) < 4.78 is 0. The molecule has 1 aromatic carbocycles. The van der Waals surface area contributed by atoms with E-state index in [1.807, 2.05) is 0 Å². The molecule has 0 radical (unpaired) electrons. The lowest BCUT2D eigenvalue weighted by molar-refractivity contribution is 0.288. The highest BCUT2D eigenvalue weighted by molar-refractivity contribution is 7.99. The van der Waals surface area contributed by atoms with Crippen molar-refractivity contribution in [3.8, 4) is 0 Å². The van der Waals surface area contributed by atoms with Crippen LogP contribution in [0.2, 0.25) is 0 Å². The molecule has 0 spiro atoms. The van der Waals surface area contributed by atoms with Crippen molar-refractivity contribution >= 4 is 11.8 Å². The molecule has 0 saturated carbocycles. The Morgan fingerprint density at radius 3 is 2.67 bits per heavy atom. The molecule has 2 saturated heterocycles. The number of rotatable bonds is 6. The van der Waals surface area contributed by atoms with Crippen molar-refractivity contribution in [2.45, 2.75) is 19.0 Å². The zero-order valence-corrected chi connectivity index (χ0v) is 13.7. The van der Waals surface area contributed by atoms with Crippen molar-refractivity contribution in [3.05, 3.63) is 35.9 Å². The second-order valence-electron chi connectivity index (χ2n) is 6.11. The molecule has 4 heteroatoms. The standard InChI is InChI=1S/C17H27N3S/c1-2-4-16(5-3-1)14-20-8-6-17(15-20)18-7-9-19-10-12-21-13-11-19/h1-5,17-18H,6-15H2. The fraction of sp³-hybridized carbons (Fsp3) is 0.647. The summed E-state index contributed by atoms with van der Waals surface area (Å²) in [4.78, 5) is 5.17. The molecule has 1 N–H and O–H groups in total. The lowest BCUT2D eigenvalue weighted by Crippen LogP contribution is -2.41. The largest absolute Gasteiger partial charge is 0.311 e. The van der Waals surface area contributed by atoms with E-state index in [4.69, 9.17) is 0 Å². The summed E-state index contributed by atoms with van der Waals surface area (Å²) in [5.74, 6) is 2.63. The molecule has 1 aromatic rings. The Hall–Kier alpha value is -0.550. The Kier molecular flexibility index (Phi) is 5.98. The highest BCUT2D eigenvalue weighted by Crippen LogP contribution is 2.13. The van der Waals surface area contributed by atoms with Crippen molar-refractivity contribution in [2.24, 2.45) is 0 Å². The molecular weight excluding hydrogens is 278 g/mol. The number of hydrogen-bond acceptors (Lipinski definition) is 4. The molecule has 2 heterocycles. The molecule has 1 unspecified atom stereocenters. The fourth-order valence-electron chi connectivity index (χ4n) is 3.24. The van der Waals surface area contributed by atoms with E-state index in [1.165, 1.54) is 56.2 Å². The van der Waals surface area contributed by atoms with Gasteiger partial charge in [-0.3, -0.25) is 4.90 Å². The third-order valence-electron chi connectivity index (χ3n) is 4.49. The average Bonchev–Trinajstić information content (AvgIpc) is 2.97. The first kappa shape index (κ1) is 15.3. The predicted octanol–water partition coefficient (Wildman–Crippen LogP) is 1.90. The maximum Gasteiger partial charge on any atom is 0.0234 e. The SMILES string of the molecule is c1ccc(CN2CCC(NCCN3CCSCC3)C2)cc1. The van der Waals surface area contributed by atoms with Crippen LogP contribution in [0.25, 0.3) is 0 Å². The first-order valence-corrected chi connectivity index (χ1v) is 9.35. The van der Waals surface area contributed by atoms with Crippen LogP contribution >= 0.6 is 11.8 Å². The van der Waals surface area contributed by atoms with Gasteiger partial charge in [-0.05, 0) is 12.0 Å². The Balaban J connectivity index is 1.33. The highest BCUT2D eigenvalue weighted by atomic mass is 32.2. The minimum absolute atomic E-state index is 0.688. The predicted molar refractivity (Wildman–Crippen MR) is 91.9 cm³/mol. The van der Waals surface area contributed by atoms with Crippen LogP contribution < -0.4 is 5.32 Å². The molecule has 2 fully saturated rings. The number of likely N-dealkylation sites (tertiary alicyclic amines) is 1. The molecule has 2 aliphatic heterocycles. The molecule has 0 amide bonds. The number of nitrogens with zero attached hydrogens (tertiary/aromatic N) is 2. The molecular formula is C17H27N3S. The maximum absolute atomic E-state index is 3.75. The summed E-state index contributed by atoms with van der Waals surface area (Å²) in [5, 5.41) is 3.75. The maximum atomic E-state index is 3.75. The van der Waals surface area contributed by atoms with Gasteiger partial charge in [-0.25, -0.2) is 0 Å². The first-order valence-electron chi connectivity index (χ1n) is 8.20. The van der Waals surface area contributed by atoms with E-state index in [0.29, 0.717) is 6.04 Å². The fourth-order valence-corrected chi connectivity index (χ4v) is 4.21. The van der Waals surface area contributed by atoms with Gasteiger partial charge in [0.15, 0.2) is 0 Å². The Labute approximate surface area is 133 Å². The number of nitrogens with one attached hydrogen (secondary N) is 1. The second-order valence-corrected chi connectivity index (χ2v) is 7.34. The van der Waals surface area contributed by atoms with Crippen LogP contribution in [0.5, 0.6) is 0 Å². The van der Waals surface area contributed by atoms with E-state index < -0.39 is 0 Å². The van der Waals surface area contributed by atoms with Gasteiger partial charge >= 0.3 is 0 Å². The van der Waals surface area contributed by atoms with E-state index in [9.17, 15) is 0 Å². The average molecular weight is 305 g/mol. The molecule has 0 bridgehead atoms. The number of thioether (sulfide) groups is 1. The van der Waals surface area contributed by atoms with E-state index in [1.54, 1.807) is 0 Å². The van der Waals surface area contributed by atoms with Crippen LogP contribution in [0.4, 0.5) is 0 Å². The molecule has 21 heavy (non-hydrogen) atoms. The minimum atomic E-state index is 0.688. The second kappa shape index (κ2) is 8.18. The number of hydrogen-bond donors (Lipinski definition) is 1. The van der Waals surface area contributed by atoms with Crippen molar-refractivity contribution in [3.63, 3.8) is 0 Å². The summed E-state index contributed by atoms with van der Waals surface area (Å²) in [5.41, 5.74) is 1.43. The number of benzene rings is 1. The monoisotopic (exact) mass is 305 g/mol. The molecule has 0 aliphatic carbocycles. The summed E-state index contributed by atoms with van der Waals surface area (Å²) >= 11 is 2.09. The van der Waals surface area contributed by atoms with Crippen molar-refractivity contribution < 1.29 is 0 Å². The van der Waals surface area contributed by atoms with Gasteiger partial charge in [-0.15, -0.1) is 0 Å². The quantitative estimate of drug-likeness (QED) is 0.865. The molecule has 116 valence electrons. The normalized spacial score (nSPS) is 24.5. The van der Waals surface area contributed by atoms with Gasteiger partial charge in [0, 0.05) is 63.4 Å². The Morgan fingerprint density at radius 1 is 1.05 bits per heavy atom. The van der Waals surface area contributed by atoms with Crippen LogP contribution in [0.15, 0.2) is 30.3 Å². The van der Waals surface area contributed by atoms with Crippen LogP contribution in [-0.2, 0) is 6.54 Å². The zero-order chi connectivity index (χ0) is 14.3. The third kappa shape index (κ3) is 4.99. The summed E-state index contributed by atoms with van der Waals surface area (Å²) in [7, 11) is 0. The van der Waals surface area contributed by atoms with Gasteiger partial charge in [-0.2, -0.15) is 11.8 Å². The molecule has 2 aliphatic rings. The highest BCUT2D eigenvalue weighted by Gasteiger charge is 2.22. The lowest BCUT2D eigenvalue weighted by Gasteiger charge is -2.26. The third-order valence-corrected chi connectivity index (χ3v) is 5.43. The molecule has 3 rings (SSSR count). The topological polar surface area (TPSA) is 18.5 Å². The summed E-state index contributed by atoms with van der Waals surface area (Å²) in [6, 6.07) is 11.5. The summed E-state index contributed by atoms with van der Waals surface area (Å²) in [6.45, 7) is 8.44. The first-order chi connectivity index (χ1) is 10.4. The van der Waals surface area contributed by atoms with Crippen molar-refractivity contribution in [1.29, 1.82) is 0 Å². The van der Waals surface area contributed by atoms with Crippen LogP contribution in [-0.4, -0.2) is 66.6 Å². The van der Waals surface area contributed by atoms with E-state index in [2.05, 4.69) is 57.2 Å². The van der Waals surface area contributed by atoms with E-state index >= 15 is 0 Å². The van der Waals surface area contributed by atoms with E-state index in [-0.39, 0.29) is 0 Å². The Morgan fingerprint density at radius 2 is 1.86 bits per heavy atom. The van der Waals surface area contributed by atoms with Crippen LogP contribution in [0.3, 0.4) is 0 Å². The minimum Gasteiger partial charge on any atom is -0.311 e. The van der Waals surface area contributed by atoms with Crippen LogP contribution in [0.1, 0.15) is 12.0 Å². The van der Waals surface area contributed by atoms with E-state index in [0.717, 1.165) is 13.1 Å². The molecule has 1 atom stereocenters. The van der Waals surface area contributed by atoms with Gasteiger partial charge < -0.3 is 10.2 Å². The van der Waals surface area contributed by atoms with Crippen LogP contribution in [0, 0.1) is 0 Å². The molecule has 0 aromatic heterocycles. The van der Waals surface area contributed by atoms with Crippen molar-refractivity contribution in [1.82, 2.24) is 15.1 Å². The summed E-state index contributed by atoms with van der Waals surface area (Å²) in [6.07, 6.45) is 1.29. The van der Waals surface area contributed by atoms with Gasteiger partial charge in [0.2, 0.25) is 0 Å².